The fourth-order valence-corrected chi connectivity index (χ4v) is 5.30. The van der Waals surface area contributed by atoms with Gasteiger partial charge in [-0.1, -0.05) is 0 Å². The summed E-state index contributed by atoms with van der Waals surface area (Å²) in [4.78, 5) is 25.5. The zero-order valence-corrected chi connectivity index (χ0v) is 22.1. The quantitative estimate of drug-likeness (QED) is 0.0567. The highest BCUT2D eigenvalue weighted by atomic mass is 16.7. The van der Waals surface area contributed by atoms with E-state index < -0.39 is 120 Å². The van der Waals surface area contributed by atoms with E-state index >= 15 is 0 Å². The van der Waals surface area contributed by atoms with Crippen molar-refractivity contribution in [2.75, 3.05) is 13.2 Å². The van der Waals surface area contributed by atoms with Crippen LogP contribution < -0.4 is 16.0 Å². The summed E-state index contributed by atoms with van der Waals surface area (Å²) in [5.74, 6) is -2.82. The van der Waals surface area contributed by atoms with Crippen LogP contribution in [0.3, 0.4) is 0 Å². The lowest BCUT2D eigenvalue weighted by Crippen LogP contribution is -2.61. The Labute approximate surface area is 242 Å². The number of phenolic OH excluding ortho intramolecular Hbond substituents is 3. The van der Waals surface area contributed by atoms with Gasteiger partial charge in [-0.3, -0.25) is 0 Å². The van der Waals surface area contributed by atoms with Gasteiger partial charge in [0.1, 0.15) is 55.4 Å². The molecule has 2 aromatic heterocycles. The SMILES string of the molecule is O=c1oc2c(O)c(OCC3OC(OCC4OC(O)C(O)C(O)C4O)C(O)C(O)C3O)cc3c(=O)oc4c(O)c(O)cc1c4c23. The summed E-state index contributed by atoms with van der Waals surface area (Å²) < 4.78 is 31.7. The molecule has 2 aliphatic heterocycles. The lowest BCUT2D eigenvalue weighted by molar-refractivity contribution is -0.325. The third-order valence-corrected chi connectivity index (χ3v) is 7.72. The van der Waals surface area contributed by atoms with Crippen molar-refractivity contribution >= 4 is 32.7 Å². The van der Waals surface area contributed by atoms with Gasteiger partial charge in [-0.25, -0.2) is 9.59 Å². The molecule has 2 fully saturated rings. The zero-order valence-electron chi connectivity index (χ0n) is 22.1. The molecule has 10 atom stereocenters. The van der Waals surface area contributed by atoms with E-state index in [-0.39, 0.29) is 21.5 Å². The second-order valence-electron chi connectivity index (χ2n) is 10.4. The first-order valence-corrected chi connectivity index (χ1v) is 13.1. The van der Waals surface area contributed by atoms with Crippen LogP contribution in [-0.2, 0) is 14.2 Å². The van der Waals surface area contributed by atoms with Crippen LogP contribution in [0.1, 0.15) is 0 Å². The molecule has 0 saturated carbocycles. The van der Waals surface area contributed by atoms with E-state index in [1.165, 1.54) is 0 Å². The number of rotatable bonds is 6. The predicted octanol–water partition coefficient (Wildman–Crippen LogP) is -3.39. The largest absolute Gasteiger partial charge is 0.504 e. The number of aliphatic hydroxyl groups is 7. The highest BCUT2D eigenvalue weighted by Gasteiger charge is 2.47. The summed E-state index contributed by atoms with van der Waals surface area (Å²) in [5.41, 5.74) is -3.18. The Morgan fingerprint density at radius 3 is 1.82 bits per heavy atom. The molecule has 0 aliphatic carbocycles. The molecule has 0 spiro atoms. The summed E-state index contributed by atoms with van der Waals surface area (Å²) in [7, 11) is 0. The average Bonchev–Trinajstić information content (AvgIpc) is 2.99. The van der Waals surface area contributed by atoms with E-state index in [2.05, 4.69) is 0 Å². The van der Waals surface area contributed by atoms with E-state index in [9.17, 15) is 60.7 Å². The zero-order chi connectivity index (χ0) is 31.8. The molecule has 0 amide bonds. The number of hydrogen-bond acceptors (Lipinski definition) is 18. The van der Waals surface area contributed by atoms with Gasteiger partial charge >= 0.3 is 11.3 Å². The molecule has 2 saturated heterocycles. The van der Waals surface area contributed by atoms with Crippen LogP contribution >= 0.6 is 0 Å². The Hall–Kier alpha value is -3.82. The topological polar surface area (TPSA) is 300 Å². The molecule has 0 radical (unpaired) electrons. The number of benzene rings is 2. The molecule has 44 heavy (non-hydrogen) atoms. The van der Waals surface area contributed by atoms with Gasteiger partial charge in [0, 0.05) is 10.8 Å². The Bertz CT molecular complexity index is 1820. The van der Waals surface area contributed by atoms with Crippen molar-refractivity contribution in [3.05, 3.63) is 33.0 Å². The third-order valence-electron chi connectivity index (χ3n) is 7.72. The first-order chi connectivity index (χ1) is 20.8. The van der Waals surface area contributed by atoms with Gasteiger partial charge in [0.25, 0.3) is 0 Å². The first-order valence-electron chi connectivity index (χ1n) is 13.1. The molecule has 4 heterocycles. The van der Waals surface area contributed by atoms with Crippen LogP contribution in [0.5, 0.6) is 23.0 Å². The lowest BCUT2D eigenvalue weighted by atomic mass is 9.98. The van der Waals surface area contributed by atoms with Gasteiger partial charge in [-0.2, -0.15) is 0 Å². The summed E-state index contributed by atoms with van der Waals surface area (Å²) in [6.45, 7) is -1.29. The summed E-state index contributed by atoms with van der Waals surface area (Å²) in [6.07, 6.45) is -17.2. The van der Waals surface area contributed by atoms with Crippen molar-refractivity contribution in [3.8, 4) is 23.0 Å². The predicted molar refractivity (Wildman–Crippen MR) is 139 cm³/mol. The van der Waals surface area contributed by atoms with Crippen molar-refractivity contribution in [1.29, 1.82) is 0 Å². The van der Waals surface area contributed by atoms with Gasteiger partial charge in [0.05, 0.1) is 17.4 Å². The van der Waals surface area contributed by atoms with Crippen molar-refractivity contribution in [2.24, 2.45) is 0 Å². The second kappa shape index (κ2) is 11.0. The smallest absolute Gasteiger partial charge is 0.344 e. The highest BCUT2D eigenvalue weighted by molar-refractivity contribution is 6.22. The van der Waals surface area contributed by atoms with Gasteiger partial charge in [-0.15, -0.1) is 0 Å². The van der Waals surface area contributed by atoms with Crippen LogP contribution in [-0.4, -0.2) is 126 Å². The fourth-order valence-electron chi connectivity index (χ4n) is 5.30. The number of hydrogen-bond donors (Lipinski definition) is 10. The summed E-state index contributed by atoms with van der Waals surface area (Å²) in [6, 6.07) is 1.92. The highest BCUT2D eigenvalue weighted by Crippen LogP contribution is 2.45. The maximum Gasteiger partial charge on any atom is 0.344 e. The Balaban J connectivity index is 1.25. The minimum atomic E-state index is -1.87. The maximum absolute atomic E-state index is 12.8. The number of phenols is 3. The molecule has 2 aliphatic rings. The molecule has 18 nitrogen and oxygen atoms in total. The number of aliphatic hydroxyl groups excluding tert-OH is 7. The van der Waals surface area contributed by atoms with E-state index in [0.717, 1.165) is 12.1 Å². The van der Waals surface area contributed by atoms with Crippen LogP contribution in [0.15, 0.2) is 30.6 Å². The lowest BCUT2D eigenvalue weighted by Gasteiger charge is -2.42. The molecule has 238 valence electrons. The third kappa shape index (κ3) is 4.68. The van der Waals surface area contributed by atoms with Crippen molar-refractivity contribution < 1.29 is 78.8 Å². The number of aromatic hydroxyl groups is 3. The molecular weight excluding hydrogens is 600 g/mol. The molecule has 2 aromatic carbocycles. The average molecular weight is 626 g/mol. The van der Waals surface area contributed by atoms with Gasteiger partial charge in [-0.05, 0) is 12.1 Å². The van der Waals surface area contributed by atoms with E-state index in [1.807, 2.05) is 0 Å². The van der Waals surface area contributed by atoms with E-state index in [1.54, 1.807) is 0 Å². The fraction of sp³-hybridized carbons (Fsp3) is 0.462. The normalized spacial score (nSPS) is 33.0. The van der Waals surface area contributed by atoms with Crippen molar-refractivity contribution in [2.45, 2.75) is 61.4 Å². The van der Waals surface area contributed by atoms with Crippen LogP contribution in [0.2, 0.25) is 0 Å². The van der Waals surface area contributed by atoms with Crippen LogP contribution in [0.4, 0.5) is 0 Å². The standard InChI is InChI=1S/C26H26O18/c27-7-1-5-11-12-6(24(37)43-21(11)13(7)28)2-8(16(31)22(12)44-23(5)36)39-3-10-15(30)18(33)20(35)26(42-10)40-4-9-14(29)17(32)19(34)25(38)41-9/h1-2,9-10,14-15,17-20,25-35,38H,3-4H2. The second-order valence-corrected chi connectivity index (χ2v) is 10.4. The van der Waals surface area contributed by atoms with Crippen molar-refractivity contribution in [3.63, 3.8) is 0 Å². The first kappa shape index (κ1) is 30.2. The summed E-state index contributed by atoms with van der Waals surface area (Å²) in [5, 5.41) is 101. The molecule has 18 heteroatoms. The van der Waals surface area contributed by atoms with E-state index in [4.69, 9.17) is 27.8 Å². The molecule has 10 N–H and O–H groups in total. The minimum Gasteiger partial charge on any atom is -0.504 e. The van der Waals surface area contributed by atoms with E-state index in [0.29, 0.717) is 0 Å². The molecule has 0 bridgehead atoms. The monoisotopic (exact) mass is 626 g/mol. The Morgan fingerprint density at radius 1 is 0.636 bits per heavy atom. The molecular formula is C26H26O18. The maximum atomic E-state index is 12.8. The van der Waals surface area contributed by atoms with Crippen LogP contribution in [0.25, 0.3) is 32.7 Å². The molecule has 4 aromatic rings. The molecule has 6 rings (SSSR count). The Kier molecular flexibility index (Phi) is 7.53. The van der Waals surface area contributed by atoms with Gasteiger partial charge in [0.15, 0.2) is 35.2 Å². The van der Waals surface area contributed by atoms with Crippen molar-refractivity contribution in [1.82, 2.24) is 0 Å². The minimum absolute atomic E-state index is 0.118. The van der Waals surface area contributed by atoms with Gasteiger partial charge < -0.3 is 78.8 Å². The Morgan fingerprint density at radius 2 is 1.18 bits per heavy atom. The van der Waals surface area contributed by atoms with Crippen LogP contribution in [0, 0.1) is 0 Å². The van der Waals surface area contributed by atoms with Gasteiger partial charge in [0.2, 0.25) is 11.5 Å². The number of ether oxygens (including phenoxy) is 4. The molecule has 10 unspecified atom stereocenters. The summed E-state index contributed by atoms with van der Waals surface area (Å²) >= 11 is 0.